The first-order valence-electron chi connectivity index (χ1n) is 7.98. The molecule has 1 saturated heterocycles. The van der Waals surface area contributed by atoms with Crippen LogP contribution in [0, 0.1) is 12.7 Å². The van der Waals surface area contributed by atoms with Crippen LogP contribution in [-0.2, 0) is 17.9 Å². The first-order valence-corrected chi connectivity index (χ1v) is 7.98. The number of nitrogens with one attached hydrogen (secondary N) is 1. The fraction of sp³-hybridized carbons (Fsp3) is 0.316. The van der Waals surface area contributed by atoms with Crippen molar-refractivity contribution < 1.29 is 9.18 Å². The summed E-state index contributed by atoms with van der Waals surface area (Å²) in [5, 5.41) is 3.37. The van der Waals surface area contributed by atoms with Gasteiger partial charge < -0.3 is 10.2 Å². The molecule has 1 amide bonds. The van der Waals surface area contributed by atoms with E-state index in [0.29, 0.717) is 13.0 Å². The van der Waals surface area contributed by atoms with Crippen molar-refractivity contribution in [3.05, 3.63) is 65.0 Å². The van der Waals surface area contributed by atoms with Crippen LogP contribution in [0.5, 0.6) is 0 Å². The number of aryl methyl sites for hydroxylation is 1. The minimum absolute atomic E-state index is 0.196. The highest BCUT2D eigenvalue weighted by Gasteiger charge is 2.21. The average molecular weight is 312 g/mol. The van der Waals surface area contributed by atoms with E-state index in [1.165, 1.54) is 11.6 Å². The average Bonchev–Trinajstić information content (AvgIpc) is 2.96. The van der Waals surface area contributed by atoms with Gasteiger partial charge in [0.1, 0.15) is 5.82 Å². The summed E-state index contributed by atoms with van der Waals surface area (Å²) in [4.78, 5) is 13.6. The number of carbonyl (C=O) groups is 1. The Morgan fingerprint density at radius 1 is 1.13 bits per heavy atom. The van der Waals surface area contributed by atoms with Gasteiger partial charge in [-0.05, 0) is 54.3 Å². The molecule has 0 saturated carbocycles. The van der Waals surface area contributed by atoms with Crippen molar-refractivity contribution in [2.45, 2.75) is 32.9 Å². The van der Waals surface area contributed by atoms with Gasteiger partial charge in [0.2, 0.25) is 5.91 Å². The van der Waals surface area contributed by atoms with Crippen molar-refractivity contribution in [1.29, 1.82) is 0 Å². The standard InChI is InChI=1S/C19H21FN2O/c1-14-11-17(20)7-6-16(14)13-21-12-15-4-8-18(9-5-15)22-10-2-3-19(22)23/h4-9,11,21H,2-3,10,12-13H2,1H3. The number of rotatable bonds is 5. The van der Waals surface area contributed by atoms with Crippen LogP contribution in [-0.4, -0.2) is 12.5 Å². The van der Waals surface area contributed by atoms with E-state index in [9.17, 15) is 9.18 Å². The van der Waals surface area contributed by atoms with Crippen LogP contribution in [0.4, 0.5) is 10.1 Å². The Hall–Kier alpha value is -2.20. The van der Waals surface area contributed by atoms with Gasteiger partial charge in [-0.1, -0.05) is 18.2 Å². The predicted molar refractivity (Wildman–Crippen MR) is 89.7 cm³/mol. The highest BCUT2D eigenvalue weighted by atomic mass is 19.1. The number of amides is 1. The summed E-state index contributed by atoms with van der Waals surface area (Å²) >= 11 is 0. The lowest BCUT2D eigenvalue weighted by atomic mass is 10.1. The summed E-state index contributed by atoms with van der Waals surface area (Å²) in [6.45, 7) is 4.19. The van der Waals surface area contributed by atoms with Gasteiger partial charge in [0.25, 0.3) is 0 Å². The molecule has 0 spiro atoms. The molecule has 1 aliphatic rings. The van der Waals surface area contributed by atoms with Crippen LogP contribution in [0.15, 0.2) is 42.5 Å². The first kappa shape index (κ1) is 15.7. The van der Waals surface area contributed by atoms with E-state index in [1.807, 2.05) is 42.2 Å². The third kappa shape index (κ3) is 3.77. The Bertz CT molecular complexity index is 697. The number of nitrogens with zero attached hydrogens (tertiary/aromatic N) is 1. The monoisotopic (exact) mass is 312 g/mol. The van der Waals surface area contributed by atoms with Gasteiger partial charge >= 0.3 is 0 Å². The molecule has 1 fully saturated rings. The molecular weight excluding hydrogens is 291 g/mol. The fourth-order valence-electron chi connectivity index (χ4n) is 2.91. The molecule has 0 atom stereocenters. The van der Waals surface area contributed by atoms with Gasteiger partial charge in [0, 0.05) is 31.7 Å². The lowest BCUT2D eigenvalue weighted by Gasteiger charge is -2.16. The molecule has 1 heterocycles. The van der Waals surface area contributed by atoms with Crippen LogP contribution >= 0.6 is 0 Å². The van der Waals surface area contributed by atoms with Crippen molar-refractivity contribution in [2.75, 3.05) is 11.4 Å². The lowest BCUT2D eigenvalue weighted by molar-refractivity contribution is -0.117. The SMILES string of the molecule is Cc1cc(F)ccc1CNCc1ccc(N2CCCC2=O)cc1. The number of hydrogen-bond donors (Lipinski definition) is 1. The predicted octanol–water partition coefficient (Wildman–Crippen LogP) is 3.55. The normalized spacial score (nSPS) is 14.5. The number of anilines is 1. The van der Waals surface area contributed by atoms with Gasteiger partial charge in [-0.25, -0.2) is 4.39 Å². The van der Waals surface area contributed by atoms with Crippen molar-refractivity contribution in [3.63, 3.8) is 0 Å². The van der Waals surface area contributed by atoms with E-state index in [2.05, 4.69) is 5.32 Å². The third-order valence-electron chi connectivity index (χ3n) is 4.27. The first-order chi connectivity index (χ1) is 11.1. The zero-order valence-corrected chi connectivity index (χ0v) is 13.3. The van der Waals surface area contributed by atoms with Crippen molar-refractivity contribution in [2.24, 2.45) is 0 Å². The molecule has 0 bridgehead atoms. The minimum Gasteiger partial charge on any atom is -0.312 e. The Morgan fingerprint density at radius 2 is 1.91 bits per heavy atom. The Labute approximate surface area is 136 Å². The lowest BCUT2D eigenvalue weighted by Crippen LogP contribution is -2.23. The largest absolute Gasteiger partial charge is 0.312 e. The van der Waals surface area contributed by atoms with E-state index in [0.717, 1.165) is 36.3 Å². The van der Waals surface area contributed by atoms with Gasteiger partial charge in [-0.15, -0.1) is 0 Å². The van der Waals surface area contributed by atoms with Gasteiger partial charge in [0.15, 0.2) is 0 Å². The molecule has 2 aromatic carbocycles. The van der Waals surface area contributed by atoms with Crippen LogP contribution in [0.2, 0.25) is 0 Å². The summed E-state index contributed by atoms with van der Waals surface area (Å²) < 4.78 is 13.1. The van der Waals surface area contributed by atoms with Gasteiger partial charge in [-0.2, -0.15) is 0 Å². The third-order valence-corrected chi connectivity index (χ3v) is 4.27. The molecule has 0 unspecified atom stereocenters. The molecule has 1 N–H and O–H groups in total. The van der Waals surface area contributed by atoms with Crippen molar-refractivity contribution >= 4 is 11.6 Å². The maximum absolute atomic E-state index is 13.1. The molecule has 3 rings (SSSR count). The van der Waals surface area contributed by atoms with Crippen LogP contribution in [0.3, 0.4) is 0 Å². The maximum Gasteiger partial charge on any atom is 0.227 e. The number of hydrogen-bond acceptors (Lipinski definition) is 2. The molecule has 0 radical (unpaired) electrons. The number of halogens is 1. The summed E-state index contributed by atoms with van der Waals surface area (Å²) in [6.07, 6.45) is 1.60. The van der Waals surface area contributed by atoms with Crippen molar-refractivity contribution in [3.8, 4) is 0 Å². The Balaban J connectivity index is 1.55. The quantitative estimate of drug-likeness (QED) is 0.915. The molecule has 23 heavy (non-hydrogen) atoms. The second kappa shape index (κ2) is 6.92. The molecule has 1 aliphatic heterocycles. The second-order valence-electron chi connectivity index (χ2n) is 5.99. The molecule has 120 valence electrons. The van der Waals surface area contributed by atoms with E-state index in [-0.39, 0.29) is 11.7 Å². The molecule has 0 aromatic heterocycles. The molecule has 0 aliphatic carbocycles. The molecule has 4 heteroatoms. The van der Waals surface area contributed by atoms with E-state index in [1.54, 1.807) is 6.07 Å². The maximum atomic E-state index is 13.1. The smallest absolute Gasteiger partial charge is 0.227 e. The molecular formula is C19H21FN2O. The highest BCUT2D eigenvalue weighted by molar-refractivity contribution is 5.95. The minimum atomic E-state index is -0.196. The van der Waals surface area contributed by atoms with E-state index in [4.69, 9.17) is 0 Å². The molecule has 2 aromatic rings. The van der Waals surface area contributed by atoms with Crippen LogP contribution in [0.1, 0.15) is 29.5 Å². The summed E-state index contributed by atoms with van der Waals surface area (Å²) in [5.41, 5.74) is 4.21. The van der Waals surface area contributed by atoms with Gasteiger partial charge in [0.05, 0.1) is 0 Å². The summed E-state index contributed by atoms with van der Waals surface area (Å²) in [5.74, 6) is 0.0148. The molecule has 3 nitrogen and oxygen atoms in total. The topological polar surface area (TPSA) is 32.3 Å². The number of benzene rings is 2. The fourth-order valence-corrected chi connectivity index (χ4v) is 2.91. The Kier molecular flexibility index (Phi) is 4.72. The Morgan fingerprint density at radius 3 is 2.57 bits per heavy atom. The number of carbonyl (C=O) groups excluding carboxylic acids is 1. The van der Waals surface area contributed by atoms with Crippen LogP contribution in [0.25, 0.3) is 0 Å². The van der Waals surface area contributed by atoms with E-state index < -0.39 is 0 Å². The zero-order valence-electron chi connectivity index (χ0n) is 13.3. The van der Waals surface area contributed by atoms with Crippen molar-refractivity contribution in [1.82, 2.24) is 5.32 Å². The summed E-state index contributed by atoms with van der Waals surface area (Å²) in [7, 11) is 0. The van der Waals surface area contributed by atoms with Crippen LogP contribution < -0.4 is 10.2 Å². The van der Waals surface area contributed by atoms with Gasteiger partial charge in [-0.3, -0.25) is 4.79 Å². The summed E-state index contributed by atoms with van der Waals surface area (Å²) in [6, 6.07) is 13.0. The zero-order chi connectivity index (χ0) is 16.2. The van der Waals surface area contributed by atoms with E-state index >= 15 is 0 Å². The second-order valence-corrected chi connectivity index (χ2v) is 5.99. The highest BCUT2D eigenvalue weighted by Crippen LogP contribution is 2.21.